The van der Waals surface area contributed by atoms with Crippen molar-refractivity contribution >= 4 is 16.8 Å². The number of aromatic amines is 1. The molecule has 1 heterocycles. The average Bonchev–Trinajstić information content (AvgIpc) is 2.90. The molecule has 1 aliphatic rings. The number of amides is 1. The lowest BCUT2D eigenvalue weighted by Crippen LogP contribution is -2.33. The van der Waals surface area contributed by atoms with Crippen LogP contribution in [0.4, 0.5) is 0 Å². The van der Waals surface area contributed by atoms with Gasteiger partial charge in [-0.2, -0.15) is 0 Å². The molecule has 1 amide bonds. The highest BCUT2D eigenvalue weighted by Gasteiger charge is 2.17. The molecule has 1 atom stereocenters. The Morgan fingerprint density at radius 2 is 2.14 bits per heavy atom. The number of aryl methyl sites for hydroxylation is 2. The summed E-state index contributed by atoms with van der Waals surface area (Å²) in [7, 11) is 0. The minimum Gasteiger partial charge on any atom is -0.394 e. The summed E-state index contributed by atoms with van der Waals surface area (Å²) in [5.41, 5.74) is 4.29. The molecule has 0 bridgehead atoms. The second kappa shape index (κ2) is 5.87. The van der Waals surface area contributed by atoms with Crippen LogP contribution >= 0.6 is 0 Å². The van der Waals surface area contributed by atoms with E-state index in [4.69, 9.17) is 5.11 Å². The van der Waals surface area contributed by atoms with Gasteiger partial charge in [0.2, 0.25) is 0 Å². The molecule has 5 heteroatoms. The van der Waals surface area contributed by atoms with Crippen molar-refractivity contribution in [2.24, 2.45) is 0 Å². The molecule has 0 saturated carbocycles. The Balaban J connectivity index is 1.85. The third-order valence-corrected chi connectivity index (χ3v) is 4.07. The number of benzene rings is 1. The van der Waals surface area contributed by atoms with Crippen LogP contribution < -0.4 is 5.32 Å². The molecule has 112 valence electrons. The van der Waals surface area contributed by atoms with E-state index < -0.39 is 6.10 Å². The first-order valence-electron chi connectivity index (χ1n) is 7.39. The van der Waals surface area contributed by atoms with Crippen molar-refractivity contribution in [3.63, 3.8) is 0 Å². The number of H-pyrrole nitrogens is 1. The first kappa shape index (κ1) is 14.1. The predicted octanol–water partition coefficient (Wildman–Crippen LogP) is 1.13. The molecule has 0 fully saturated rings. The first-order chi connectivity index (χ1) is 10.2. The molecule has 0 saturated heterocycles. The topological polar surface area (TPSA) is 85.3 Å². The Morgan fingerprint density at radius 1 is 1.33 bits per heavy atom. The van der Waals surface area contributed by atoms with Crippen LogP contribution in [0.15, 0.2) is 18.2 Å². The monoisotopic (exact) mass is 288 g/mol. The van der Waals surface area contributed by atoms with E-state index in [2.05, 4.69) is 10.3 Å². The van der Waals surface area contributed by atoms with Gasteiger partial charge >= 0.3 is 0 Å². The van der Waals surface area contributed by atoms with Gasteiger partial charge < -0.3 is 20.5 Å². The fourth-order valence-corrected chi connectivity index (χ4v) is 2.92. The van der Waals surface area contributed by atoms with Crippen LogP contribution in [-0.4, -0.2) is 40.4 Å². The van der Waals surface area contributed by atoms with Gasteiger partial charge in [0.1, 0.15) is 0 Å². The maximum Gasteiger partial charge on any atom is 0.251 e. The summed E-state index contributed by atoms with van der Waals surface area (Å²) in [6.07, 6.45) is 3.63. The zero-order valence-corrected chi connectivity index (χ0v) is 11.9. The minimum absolute atomic E-state index is 0.0542. The number of aromatic nitrogens is 1. The van der Waals surface area contributed by atoms with E-state index in [1.165, 1.54) is 24.1 Å². The third-order valence-electron chi connectivity index (χ3n) is 4.07. The van der Waals surface area contributed by atoms with Gasteiger partial charge in [-0.15, -0.1) is 0 Å². The van der Waals surface area contributed by atoms with Gasteiger partial charge in [0.15, 0.2) is 0 Å². The van der Waals surface area contributed by atoms with Crippen LogP contribution in [0.25, 0.3) is 10.9 Å². The van der Waals surface area contributed by atoms with Crippen molar-refractivity contribution in [2.75, 3.05) is 13.2 Å². The van der Waals surface area contributed by atoms with Crippen molar-refractivity contribution in [3.05, 3.63) is 35.0 Å². The molecule has 1 unspecified atom stereocenters. The van der Waals surface area contributed by atoms with E-state index in [1.54, 1.807) is 6.07 Å². The number of rotatable bonds is 4. The van der Waals surface area contributed by atoms with Crippen molar-refractivity contribution in [1.82, 2.24) is 10.3 Å². The van der Waals surface area contributed by atoms with Gasteiger partial charge in [-0.05, 0) is 49.4 Å². The van der Waals surface area contributed by atoms with E-state index in [-0.39, 0.29) is 19.1 Å². The Labute approximate surface area is 123 Å². The van der Waals surface area contributed by atoms with Crippen LogP contribution in [0, 0.1) is 0 Å². The van der Waals surface area contributed by atoms with Crippen molar-refractivity contribution < 1.29 is 15.0 Å². The minimum atomic E-state index is -0.919. The second-order valence-corrected chi connectivity index (χ2v) is 5.60. The largest absolute Gasteiger partial charge is 0.394 e. The Morgan fingerprint density at radius 3 is 2.95 bits per heavy atom. The zero-order chi connectivity index (χ0) is 14.8. The molecule has 2 aromatic rings. The quantitative estimate of drug-likeness (QED) is 0.680. The fourth-order valence-electron chi connectivity index (χ4n) is 2.92. The molecular weight excluding hydrogens is 268 g/mol. The number of nitrogens with one attached hydrogen (secondary N) is 2. The van der Waals surface area contributed by atoms with E-state index in [9.17, 15) is 9.90 Å². The Hall–Kier alpha value is -1.85. The summed E-state index contributed by atoms with van der Waals surface area (Å²) >= 11 is 0. The lowest BCUT2D eigenvalue weighted by atomic mass is 9.95. The van der Waals surface area contributed by atoms with Gasteiger partial charge in [0.05, 0.1) is 12.7 Å². The van der Waals surface area contributed by atoms with Gasteiger partial charge in [-0.3, -0.25) is 4.79 Å². The molecule has 0 aliphatic heterocycles. The summed E-state index contributed by atoms with van der Waals surface area (Å²) in [4.78, 5) is 15.5. The number of hydrogen-bond acceptors (Lipinski definition) is 3. The smallest absolute Gasteiger partial charge is 0.251 e. The highest BCUT2D eigenvalue weighted by molar-refractivity contribution is 5.99. The number of carbonyl (C=O) groups excluding carboxylic acids is 1. The standard InChI is InChI=1S/C16H20N2O3/c19-9-11(20)8-17-16(21)10-5-6-15-13(7-10)12-3-1-2-4-14(12)18-15/h5-7,11,18-20H,1-4,8-9H2,(H,17,21). The molecule has 4 N–H and O–H groups in total. The average molecular weight is 288 g/mol. The van der Waals surface area contributed by atoms with E-state index in [0.29, 0.717) is 5.56 Å². The predicted molar refractivity (Wildman–Crippen MR) is 80.4 cm³/mol. The molecule has 3 rings (SSSR count). The molecule has 1 aromatic carbocycles. The SMILES string of the molecule is O=C(NCC(O)CO)c1ccc2[nH]c3c(c2c1)CCCC3. The molecule has 5 nitrogen and oxygen atoms in total. The number of hydrogen-bond donors (Lipinski definition) is 4. The maximum absolute atomic E-state index is 12.1. The molecule has 1 aromatic heterocycles. The molecule has 0 radical (unpaired) electrons. The molecule has 0 spiro atoms. The summed E-state index contributed by atoms with van der Waals surface area (Å²) < 4.78 is 0. The molecular formula is C16H20N2O3. The van der Waals surface area contributed by atoms with Crippen LogP contribution in [0.1, 0.15) is 34.5 Å². The first-order valence-corrected chi connectivity index (χ1v) is 7.39. The normalized spacial score (nSPS) is 15.7. The summed E-state index contributed by atoms with van der Waals surface area (Å²) in [6.45, 7) is -0.302. The number of carbonyl (C=O) groups is 1. The van der Waals surface area contributed by atoms with Crippen molar-refractivity contribution in [3.8, 4) is 0 Å². The van der Waals surface area contributed by atoms with E-state index >= 15 is 0 Å². The summed E-state index contributed by atoms with van der Waals surface area (Å²) in [5, 5.41) is 21.8. The third kappa shape index (κ3) is 2.80. The lowest BCUT2D eigenvalue weighted by molar-refractivity contribution is 0.0802. The maximum atomic E-state index is 12.1. The molecule has 21 heavy (non-hydrogen) atoms. The number of aliphatic hydroxyl groups excluding tert-OH is 2. The highest BCUT2D eigenvalue weighted by atomic mass is 16.3. The van der Waals surface area contributed by atoms with Crippen LogP contribution in [0.5, 0.6) is 0 Å². The zero-order valence-electron chi connectivity index (χ0n) is 11.9. The van der Waals surface area contributed by atoms with Gasteiger partial charge in [-0.1, -0.05) is 0 Å². The van der Waals surface area contributed by atoms with Crippen LogP contribution in [0.2, 0.25) is 0 Å². The fraction of sp³-hybridized carbons (Fsp3) is 0.438. The lowest BCUT2D eigenvalue weighted by Gasteiger charge is -2.11. The molecule has 1 aliphatic carbocycles. The number of fused-ring (bicyclic) bond motifs is 3. The second-order valence-electron chi connectivity index (χ2n) is 5.60. The summed E-state index contributed by atoms with van der Waals surface area (Å²) in [6, 6.07) is 5.63. The number of aliphatic hydroxyl groups is 2. The van der Waals surface area contributed by atoms with Gasteiger partial charge in [0, 0.05) is 28.7 Å². The Bertz CT molecular complexity index is 663. The van der Waals surface area contributed by atoms with Crippen LogP contribution in [-0.2, 0) is 12.8 Å². The van der Waals surface area contributed by atoms with Crippen LogP contribution in [0.3, 0.4) is 0 Å². The van der Waals surface area contributed by atoms with E-state index in [0.717, 1.165) is 23.7 Å². The van der Waals surface area contributed by atoms with E-state index in [1.807, 2.05) is 12.1 Å². The highest BCUT2D eigenvalue weighted by Crippen LogP contribution is 2.29. The van der Waals surface area contributed by atoms with Crippen molar-refractivity contribution in [1.29, 1.82) is 0 Å². The summed E-state index contributed by atoms with van der Waals surface area (Å²) in [5.74, 6) is -0.227. The van der Waals surface area contributed by atoms with Gasteiger partial charge in [-0.25, -0.2) is 0 Å². The Kier molecular flexibility index (Phi) is 3.94. The van der Waals surface area contributed by atoms with Crippen molar-refractivity contribution in [2.45, 2.75) is 31.8 Å². The van der Waals surface area contributed by atoms with Gasteiger partial charge in [0.25, 0.3) is 5.91 Å².